The fourth-order valence-corrected chi connectivity index (χ4v) is 4.77. The predicted molar refractivity (Wildman–Crippen MR) is 137 cm³/mol. The summed E-state index contributed by atoms with van der Waals surface area (Å²) in [5, 5.41) is 4.95. The van der Waals surface area contributed by atoms with Crippen LogP contribution in [0, 0.1) is 31.4 Å². The number of piperidine rings is 1. The Morgan fingerprint density at radius 1 is 1.03 bits per heavy atom. The van der Waals surface area contributed by atoms with Gasteiger partial charge in [0, 0.05) is 24.0 Å². The summed E-state index contributed by atoms with van der Waals surface area (Å²) < 4.78 is 70.2. The Bertz CT molecular complexity index is 1210. The first-order valence-corrected chi connectivity index (χ1v) is 12.8. The minimum Gasteiger partial charge on any atom is -0.357 e. The molecule has 0 spiro atoms. The second-order valence-electron chi connectivity index (χ2n) is 9.63. The molecule has 1 aliphatic rings. The van der Waals surface area contributed by atoms with Gasteiger partial charge < -0.3 is 9.80 Å². The number of rotatable bonds is 6. The number of fused-ring (bicyclic) bond motifs is 1. The van der Waals surface area contributed by atoms with Gasteiger partial charge in [0.2, 0.25) is 0 Å². The van der Waals surface area contributed by atoms with Crippen LogP contribution in [0.25, 0.3) is 16.6 Å². The molecule has 37 heavy (non-hydrogen) atoms. The second kappa shape index (κ2) is 11.8. The van der Waals surface area contributed by atoms with Crippen LogP contribution in [-0.4, -0.2) is 53.4 Å². The monoisotopic (exact) mass is 525 g/mol. The van der Waals surface area contributed by atoms with E-state index in [0.717, 1.165) is 49.9 Å². The fraction of sp³-hybridized carbons (Fsp3) is 0.556. The highest BCUT2D eigenvalue weighted by molar-refractivity contribution is 5.85. The molecule has 0 aliphatic carbocycles. The minimum atomic E-state index is -4.96. The molecule has 1 fully saturated rings. The first-order chi connectivity index (χ1) is 17.5. The molecule has 1 aliphatic heterocycles. The molecule has 0 unspecified atom stereocenters. The van der Waals surface area contributed by atoms with Crippen molar-refractivity contribution < 1.29 is 22.0 Å². The summed E-state index contributed by atoms with van der Waals surface area (Å²) in [7, 11) is 4.16. The summed E-state index contributed by atoms with van der Waals surface area (Å²) in [6, 6.07) is 2.32. The molecule has 204 valence electrons. The molecule has 10 heteroatoms. The van der Waals surface area contributed by atoms with Crippen molar-refractivity contribution >= 4 is 16.7 Å². The lowest BCUT2D eigenvalue weighted by Crippen LogP contribution is -2.34. The first kappa shape index (κ1) is 28.8. The maximum atomic E-state index is 14.9. The van der Waals surface area contributed by atoms with E-state index in [1.54, 1.807) is 6.92 Å². The summed E-state index contributed by atoms with van der Waals surface area (Å²) in [6.07, 6.45) is 1.07. The molecule has 2 aromatic heterocycles. The molecule has 5 nitrogen and oxygen atoms in total. The average molecular weight is 526 g/mol. The third-order valence-corrected chi connectivity index (χ3v) is 6.83. The van der Waals surface area contributed by atoms with Gasteiger partial charge in [0.1, 0.15) is 17.3 Å². The molecule has 0 bridgehead atoms. The highest BCUT2D eigenvalue weighted by Gasteiger charge is 2.37. The van der Waals surface area contributed by atoms with Crippen LogP contribution in [0.4, 0.5) is 27.8 Å². The topological polar surface area (TPSA) is 37.2 Å². The second-order valence-corrected chi connectivity index (χ2v) is 9.63. The standard InChI is InChI=1S/C25H30F5N5.C2H6/c1-15-23(26)19(25(28,29)30)13-20(24(15)27)35-21-14-31-22(12-18(21)16(2)32-35)34-10-7-17(8-11-34)6-5-9-33(3)4;1-2/h12-14,17H,5-11H2,1-4H3;1-2H3. The third-order valence-electron chi connectivity index (χ3n) is 6.83. The van der Waals surface area contributed by atoms with E-state index in [9.17, 15) is 22.0 Å². The lowest BCUT2D eigenvalue weighted by molar-refractivity contribution is -0.140. The highest BCUT2D eigenvalue weighted by Crippen LogP contribution is 2.37. The van der Waals surface area contributed by atoms with E-state index >= 15 is 0 Å². The van der Waals surface area contributed by atoms with Crippen LogP contribution in [0.3, 0.4) is 0 Å². The first-order valence-electron chi connectivity index (χ1n) is 12.8. The Labute approximate surface area is 215 Å². The Morgan fingerprint density at radius 2 is 1.68 bits per heavy atom. The van der Waals surface area contributed by atoms with Gasteiger partial charge in [-0.2, -0.15) is 18.3 Å². The Balaban J connectivity index is 0.00000186. The largest absolute Gasteiger partial charge is 0.419 e. The zero-order chi connectivity index (χ0) is 27.5. The van der Waals surface area contributed by atoms with Crippen molar-refractivity contribution in [2.24, 2.45) is 5.92 Å². The van der Waals surface area contributed by atoms with E-state index in [2.05, 4.69) is 34.0 Å². The maximum absolute atomic E-state index is 14.9. The summed E-state index contributed by atoms with van der Waals surface area (Å²) >= 11 is 0. The van der Waals surface area contributed by atoms with Gasteiger partial charge in [0.15, 0.2) is 5.82 Å². The quantitative estimate of drug-likeness (QED) is 0.328. The Hall–Kier alpha value is -2.75. The highest BCUT2D eigenvalue weighted by atomic mass is 19.4. The molecule has 0 N–H and O–H groups in total. The van der Waals surface area contributed by atoms with Crippen molar-refractivity contribution in [2.75, 3.05) is 38.6 Å². The van der Waals surface area contributed by atoms with Crippen LogP contribution in [0.15, 0.2) is 18.3 Å². The summed E-state index contributed by atoms with van der Waals surface area (Å²) in [5.41, 5.74) is -1.79. The molecular weight excluding hydrogens is 489 g/mol. The smallest absolute Gasteiger partial charge is 0.357 e. The lowest BCUT2D eigenvalue weighted by atomic mass is 9.92. The van der Waals surface area contributed by atoms with Gasteiger partial charge in [-0.1, -0.05) is 13.8 Å². The van der Waals surface area contributed by atoms with E-state index in [1.807, 2.05) is 19.9 Å². The number of aryl methyl sites for hydroxylation is 1. The van der Waals surface area contributed by atoms with Crippen molar-refractivity contribution in [3.05, 3.63) is 46.8 Å². The number of hydrogen-bond donors (Lipinski definition) is 0. The lowest BCUT2D eigenvalue weighted by Gasteiger charge is -2.33. The molecule has 4 rings (SSSR count). The minimum absolute atomic E-state index is 0.364. The predicted octanol–water partition coefficient (Wildman–Crippen LogP) is 6.92. The van der Waals surface area contributed by atoms with Crippen LogP contribution >= 0.6 is 0 Å². The van der Waals surface area contributed by atoms with Crippen molar-refractivity contribution in [1.82, 2.24) is 19.7 Å². The number of halogens is 5. The molecule has 1 aromatic carbocycles. The summed E-state index contributed by atoms with van der Waals surface area (Å²) in [5.74, 6) is -1.25. The number of nitrogens with zero attached hydrogens (tertiary/aromatic N) is 5. The fourth-order valence-electron chi connectivity index (χ4n) is 4.77. The average Bonchev–Trinajstić information content (AvgIpc) is 3.19. The van der Waals surface area contributed by atoms with E-state index in [-0.39, 0.29) is 0 Å². The van der Waals surface area contributed by atoms with Gasteiger partial charge in [0.05, 0.1) is 23.0 Å². The molecular formula is C27H36F5N5. The van der Waals surface area contributed by atoms with Gasteiger partial charge in [-0.25, -0.2) is 18.4 Å². The molecule has 0 amide bonds. The zero-order valence-corrected chi connectivity index (χ0v) is 22.4. The number of hydrogen-bond acceptors (Lipinski definition) is 4. The van der Waals surface area contributed by atoms with E-state index in [0.29, 0.717) is 28.6 Å². The molecule has 3 heterocycles. The van der Waals surface area contributed by atoms with Gasteiger partial charge in [-0.15, -0.1) is 0 Å². The maximum Gasteiger partial charge on any atom is 0.419 e. The molecule has 0 atom stereocenters. The molecule has 0 radical (unpaired) electrons. The van der Waals surface area contributed by atoms with E-state index in [1.165, 1.54) is 19.0 Å². The zero-order valence-electron chi connectivity index (χ0n) is 22.4. The van der Waals surface area contributed by atoms with Crippen molar-refractivity contribution in [3.63, 3.8) is 0 Å². The third kappa shape index (κ3) is 6.22. The van der Waals surface area contributed by atoms with Gasteiger partial charge in [-0.3, -0.25) is 0 Å². The van der Waals surface area contributed by atoms with Gasteiger partial charge in [0.25, 0.3) is 0 Å². The summed E-state index contributed by atoms with van der Waals surface area (Å²) in [6.45, 7) is 9.53. The Morgan fingerprint density at radius 3 is 2.27 bits per heavy atom. The van der Waals surface area contributed by atoms with Crippen LogP contribution in [0.2, 0.25) is 0 Å². The van der Waals surface area contributed by atoms with Crippen molar-refractivity contribution in [3.8, 4) is 5.69 Å². The van der Waals surface area contributed by atoms with Crippen molar-refractivity contribution in [2.45, 2.75) is 59.6 Å². The van der Waals surface area contributed by atoms with E-state index < -0.39 is 34.6 Å². The number of alkyl halides is 3. The van der Waals surface area contributed by atoms with Gasteiger partial charge in [-0.05, 0) is 78.2 Å². The Kier molecular flexibility index (Phi) is 9.15. The normalized spacial score (nSPS) is 14.9. The molecule has 3 aromatic rings. The number of aromatic nitrogens is 3. The summed E-state index contributed by atoms with van der Waals surface area (Å²) in [4.78, 5) is 8.91. The SMILES string of the molecule is CC.Cc1c(F)c(-n2nc(C)c3cc(N4CCC(CCCN(C)C)CC4)ncc32)cc(C(F)(F)F)c1F. The number of anilines is 1. The molecule has 1 saturated heterocycles. The van der Waals surface area contributed by atoms with Gasteiger partial charge >= 0.3 is 6.18 Å². The van der Waals surface area contributed by atoms with Crippen LogP contribution in [-0.2, 0) is 6.18 Å². The number of benzene rings is 1. The molecule has 0 saturated carbocycles. The van der Waals surface area contributed by atoms with E-state index in [4.69, 9.17) is 0 Å². The van der Waals surface area contributed by atoms with Crippen LogP contribution in [0.5, 0.6) is 0 Å². The van der Waals surface area contributed by atoms with Crippen molar-refractivity contribution in [1.29, 1.82) is 0 Å². The number of pyridine rings is 1. The van der Waals surface area contributed by atoms with Crippen LogP contribution < -0.4 is 4.90 Å². The van der Waals surface area contributed by atoms with Crippen LogP contribution in [0.1, 0.15) is 56.4 Å².